The van der Waals surface area contributed by atoms with Gasteiger partial charge in [0.1, 0.15) is 16.8 Å². The maximum Gasteiger partial charge on any atom is 3.00 e. The van der Waals surface area contributed by atoms with Crippen molar-refractivity contribution in [3.8, 4) is 0 Å². The minimum Gasteiger partial charge on any atom is -0.547 e. The van der Waals surface area contributed by atoms with Crippen LogP contribution in [0.2, 0.25) is 0 Å². The molecule has 0 unspecified atom stereocenters. The number of aliphatic carboxylic acids is 3. The van der Waals surface area contributed by atoms with E-state index < -0.39 is 34.7 Å². The van der Waals surface area contributed by atoms with Crippen molar-refractivity contribution in [2.24, 2.45) is 0 Å². The van der Waals surface area contributed by atoms with Crippen LogP contribution in [0, 0.1) is 0 Å². The molecule has 0 rings (SSSR count). The van der Waals surface area contributed by atoms with Crippen molar-refractivity contribution in [3.05, 3.63) is 0 Å². The molecule has 0 amide bonds. The summed E-state index contributed by atoms with van der Waals surface area (Å²) in [4.78, 5) is 31.9. The van der Waals surface area contributed by atoms with Crippen LogP contribution in [0.1, 0.15) is 101 Å². The average molecular weight is 505 g/mol. The van der Waals surface area contributed by atoms with Crippen LogP contribution in [0.5, 0.6) is 0 Å². The molecule has 34 heavy (non-hydrogen) atoms. The molecule has 10 heteroatoms. The third-order valence-corrected chi connectivity index (χ3v) is 5.80. The fraction of sp³-hybridized carbons (Fsp3) is 0.875. The van der Waals surface area contributed by atoms with Gasteiger partial charge in [0.25, 0.3) is 0 Å². The second kappa shape index (κ2) is 21.1. The Labute approximate surface area is 216 Å². The van der Waals surface area contributed by atoms with Gasteiger partial charge in [-0.2, -0.15) is 0 Å². The number of rotatable bonds is 15. The van der Waals surface area contributed by atoms with E-state index in [9.17, 15) is 29.7 Å². The first-order valence-corrected chi connectivity index (χ1v) is 11.9. The summed E-state index contributed by atoms with van der Waals surface area (Å²) in [6.45, 7) is 17.3. The van der Waals surface area contributed by atoms with Gasteiger partial charge in [-0.3, -0.25) is 0 Å². The van der Waals surface area contributed by atoms with Crippen LogP contribution in [-0.2, 0) is 28.6 Å². The third-order valence-electron chi connectivity index (χ3n) is 5.80. The van der Waals surface area contributed by atoms with Crippen LogP contribution >= 0.6 is 0 Å². The first-order chi connectivity index (χ1) is 15.4. The van der Waals surface area contributed by atoms with Crippen molar-refractivity contribution < 1.29 is 43.9 Å². The number of carbonyl (C=O) groups is 3. The van der Waals surface area contributed by atoms with Gasteiger partial charge in [-0.25, -0.2) is 0 Å². The van der Waals surface area contributed by atoms with Crippen molar-refractivity contribution in [3.63, 3.8) is 0 Å². The summed E-state index contributed by atoms with van der Waals surface area (Å²) in [5.74, 6) is -3.32. The maximum absolute atomic E-state index is 10.6. The molecule has 0 aliphatic heterocycles. The molecule has 0 aromatic carbocycles. The Balaban J connectivity index is -0.000000196. The number of carbonyl (C=O) groups excluding carboxylic acids is 3. The second-order valence-electron chi connectivity index (χ2n) is 7.27. The van der Waals surface area contributed by atoms with Crippen molar-refractivity contribution in [1.29, 1.82) is 0 Å². The Kier molecular flexibility index (Phi) is 24.9. The van der Waals surface area contributed by atoms with E-state index in [2.05, 4.69) is 0 Å². The molecule has 0 spiro atoms. The van der Waals surface area contributed by atoms with Gasteiger partial charge in [0.05, 0.1) is 17.9 Å². The molecule has 0 atom stereocenters. The zero-order chi connectivity index (χ0) is 26.7. The van der Waals surface area contributed by atoms with Crippen molar-refractivity contribution in [1.82, 2.24) is 0 Å². The fourth-order valence-electron chi connectivity index (χ4n) is 3.23. The van der Waals surface area contributed by atoms with Gasteiger partial charge in [-0.05, 0) is 59.3 Å². The summed E-state index contributed by atoms with van der Waals surface area (Å²) in [6.07, 6.45) is 2.75. The molecule has 0 N–H and O–H groups in total. The molecule has 0 saturated heterocycles. The number of hydrogen-bond donors (Lipinski definition) is 0. The minimum atomic E-state index is -1.11. The zero-order valence-electron chi connectivity index (χ0n) is 22.6. The van der Waals surface area contributed by atoms with Gasteiger partial charge in [0.2, 0.25) is 0 Å². The molecule has 0 aromatic heterocycles. The van der Waals surface area contributed by atoms with Crippen LogP contribution in [0.4, 0.5) is 0 Å². The monoisotopic (exact) mass is 504 g/mol. The van der Waals surface area contributed by atoms with Gasteiger partial charge in [-0.15, -0.1) is 0 Å². The Bertz CT molecular complexity index is 464. The van der Waals surface area contributed by atoms with Crippen molar-refractivity contribution in [2.75, 3.05) is 19.8 Å². The van der Waals surface area contributed by atoms with E-state index in [0.29, 0.717) is 58.3 Å². The Hall–Kier alpha value is -1.18. The van der Waals surface area contributed by atoms with Gasteiger partial charge in [-0.1, -0.05) is 41.5 Å². The van der Waals surface area contributed by atoms with Gasteiger partial charge in [0.15, 0.2) is 0 Å². The van der Waals surface area contributed by atoms with Crippen LogP contribution in [-0.4, -0.2) is 71.9 Å². The molecular weight excluding hydrogens is 459 g/mol. The average Bonchev–Trinajstić information content (AvgIpc) is 2.79. The van der Waals surface area contributed by atoms with Gasteiger partial charge >= 0.3 is 17.4 Å². The Morgan fingerprint density at radius 2 is 0.618 bits per heavy atom. The first-order valence-electron chi connectivity index (χ1n) is 11.9. The molecule has 0 heterocycles. The van der Waals surface area contributed by atoms with E-state index in [1.807, 2.05) is 0 Å². The number of ether oxygens (including phenoxy) is 3. The standard InChI is InChI=1S/3C8H16O3.Al/c3*1-4-8(5-2,7(9)10)11-6-3;/h3*4-6H2,1-3H3,(H,9,10);/q;;;+3/p-3. The molecule has 0 aliphatic rings. The SMILES string of the molecule is CCOC(CC)(CC)C(=O)[O-].CCOC(CC)(CC)C(=O)[O-].CCOC(CC)(CC)C(=O)[O-].[Al+3]. The fourth-order valence-corrected chi connectivity index (χ4v) is 3.23. The van der Waals surface area contributed by atoms with Crippen LogP contribution in [0.3, 0.4) is 0 Å². The van der Waals surface area contributed by atoms with E-state index in [0.717, 1.165) is 0 Å². The number of hydrogen-bond acceptors (Lipinski definition) is 9. The second-order valence-corrected chi connectivity index (χ2v) is 7.27. The predicted octanol–water partition coefficient (Wildman–Crippen LogP) is 0.614. The molecule has 0 aromatic rings. The zero-order valence-corrected chi connectivity index (χ0v) is 23.8. The van der Waals surface area contributed by atoms with Crippen LogP contribution in [0.25, 0.3) is 0 Å². The normalized spacial score (nSPS) is 11.2. The molecule has 0 radical (unpaired) electrons. The first kappa shape index (κ1) is 40.0. The quantitative estimate of drug-likeness (QED) is 0.293. The molecule has 0 fully saturated rings. The Morgan fingerprint density at radius 1 is 0.471 bits per heavy atom. The van der Waals surface area contributed by atoms with E-state index in [4.69, 9.17) is 14.2 Å². The number of carboxylic acid groups (broad SMARTS) is 3. The van der Waals surface area contributed by atoms with Gasteiger partial charge < -0.3 is 43.9 Å². The molecule has 9 nitrogen and oxygen atoms in total. The summed E-state index contributed by atoms with van der Waals surface area (Å²) in [6, 6.07) is 0. The van der Waals surface area contributed by atoms with Crippen LogP contribution in [0.15, 0.2) is 0 Å². The number of carboxylic acids is 3. The molecule has 198 valence electrons. The summed E-state index contributed by atoms with van der Waals surface area (Å²) < 4.78 is 15.4. The van der Waals surface area contributed by atoms with Crippen molar-refractivity contribution in [2.45, 2.75) is 118 Å². The molecule has 0 bridgehead atoms. The summed E-state index contributed by atoms with van der Waals surface area (Å²) in [7, 11) is 0. The van der Waals surface area contributed by atoms with E-state index in [1.165, 1.54) is 0 Å². The van der Waals surface area contributed by atoms with E-state index in [1.54, 1.807) is 62.3 Å². The van der Waals surface area contributed by atoms with Gasteiger partial charge in [0, 0.05) is 19.8 Å². The summed E-state index contributed by atoms with van der Waals surface area (Å²) in [5, 5.41) is 31.9. The molecule has 0 aliphatic carbocycles. The van der Waals surface area contributed by atoms with E-state index >= 15 is 0 Å². The van der Waals surface area contributed by atoms with E-state index in [-0.39, 0.29) is 17.4 Å². The maximum atomic E-state index is 10.6. The topological polar surface area (TPSA) is 148 Å². The smallest absolute Gasteiger partial charge is 0.547 e. The molecule has 0 saturated carbocycles. The predicted molar refractivity (Wildman–Crippen MR) is 126 cm³/mol. The summed E-state index contributed by atoms with van der Waals surface area (Å²) >= 11 is 0. The van der Waals surface area contributed by atoms with Crippen LogP contribution < -0.4 is 15.3 Å². The third kappa shape index (κ3) is 12.5. The minimum absolute atomic E-state index is 0. The van der Waals surface area contributed by atoms with Crippen molar-refractivity contribution >= 4 is 35.3 Å². The summed E-state index contributed by atoms with van der Waals surface area (Å²) in [5.41, 5.74) is -3.18. The largest absolute Gasteiger partial charge is 3.00 e. The Morgan fingerprint density at radius 3 is 0.647 bits per heavy atom. The molecular formula is C24H45AlO9.